The van der Waals surface area contributed by atoms with Crippen molar-refractivity contribution in [2.75, 3.05) is 36.4 Å². The number of hydrogen-bond donors (Lipinski definition) is 2. The van der Waals surface area contributed by atoms with Crippen LogP contribution in [-0.4, -0.2) is 64.8 Å². The zero-order chi connectivity index (χ0) is 20.5. The molecule has 4 heterocycles. The van der Waals surface area contributed by atoms with Gasteiger partial charge in [0.1, 0.15) is 17.2 Å². The average Bonchev–Trinajstić information content (AvgIpc) is 3.44. The molecule has 0 saturated carbocycles. The second kappa shape index (κ2) is 7.89. The molecule has 10 heteroatoms. The summed E-state index contributed by atoms with van der Waals surface area (Å²) in [4.78, 5) is 33.4. The van der Waals surface area contributed by atoms with E-state index in [0.717, 1.165) is 43.1 Å². The van der Waals surface area contributed by atoms with Crippen LogP contribution in [0.5, 0.6) is 0 Å². The normalized spacial score (nSPS) is 14.9. The number of hydrogen-bond acceptors (Lipinski definition) is 7. The number of H-pyrrole nitrogens is 1. The number of imidazole rings is 1. The highest BCUT2D eigenvalue weighted by molar-refractivity contribution is 7.13. The molecule has 1 aliphatic rings. The Hall–Kier alpha value is -3.24. The maximum Gasteiger partial charge on any atom is 0.259 e. The molecule has 1 saturated heterocycles. The van der Waals surface area contributed by atoms with Crippen LogP contribution in [0.15, 0.2) is 48.1 Å². The van der Waals surface area contributed by atoms with Crippen LogP contribution >= 0.6 is 11.3 Å². The number of piperazine rings is 1. The highest BCUT2D eigenvalue weighted by atomic mass is 32.1. The smallest absolute Gasteiger partial charge is 0.259 e. The molecule has 1 amide bonds. The van der Waals surface area contributed by atoms with Crippen molar-refractivity contribution >= 4 is 47.2 Å². The van der Waals surface area contributed by atoms with E-state index >= 15 is 0 Å². The van der Waals surface area contributed by atoms with Crippen molar-refractivity contribution in [1.29, 1.82) is 0 Å². The van der Waals surface area contributed by atoms with Crippen molar-refractivity contribution in [1.82, 2.24) is 24.7 Å². The molecule has 0 atom stereocenters. The lowest BCUT2D eigenvalue weighted by Gasteiger charge is -2.33. The van der Waals surface area contributed by atoms with E-state index in [2.05, 4.69) is 30.2 Å². The molecule has 3 aromatic heterocycles. The van der Waals surface area contributed by atoms with Crippen LogP contribution < -0.4 is 10.2 Å². The quantitative estimate of drug-likeness (QED) is 0.498. The Balaban J connectivity index is 1.40. The van der Waals surface area contributed by atoms with Gasteiger partial charge in [0.05, 0.1) is 11.1 Å². The highest BCUT2D eigenvalue weighted by Crippen LogP contribution is 2.25. The Morgan fingerprint density at radius 1 is 1.13 bits per heavy atom. The second-order valence-corrected chi connectivity index (χ2v) is 7.90. The first-order chi connectivity index (χ1) is 14.7. The van der Waals surface area contributed by atoms with Crippen LogP contribution in [0.4, 0.5) is 10.9 Å². The second-order valence-electron chi connectivity index (χ2n) is 7.01. The number of carbonyl (C=O) groups excluding carboxylic acids is 1. The molecule has 30 heavy (non-hydrogen) atoms. The minimum atomic E-state index is -0.235. The monoisotopic (exact) mass is 415 g/mol. The fourth-order valence-corrected chi connectivity index (χ4v) is 3.99. The van der Waals surface area contributed by atoms with Crippen molar-refractivity contribution in [3.05, 3.63) is 53.7 Å². The molecule has 0 bridgehead atoms. The van der Waals surface area contributed by atoms with Gasteiger partial charge < -0.3 is 14.7 Å². The summed E-state index contributed by atoms with van der Waals surface area (Å²) in [6.45, 7) is 3.34. The first-order valence-electron chi connectivity index (χ1n) is 9.58. The number of fused-ring (bicyclic) bond motifs is 1. The number of nitrogens with one attached hydrogen (secondary N) is 2. The lowest BCUT2D eigenvalue weighted by Crippen LogP contribution is -2.45. The number of amides is 1. The fraction of sp³-hybridized carbons (Fsp3) is 0.200. The molecule has 0 unspecified atom stereocenters. The third-order valence-corrected chi connectivity index (χ3v) is 5.76. The molecule has 1 fully saturated rings. The van der Waals surface area contributed by atoms with Crippen molar-refractivity contribution < 1.29 is 4.79 Å². The maximum atomic E-state index is 12.7. The summed E-state index contributed by atoms with van der Waals surface area (Å²) in [7, 11) is 5.83. The SMILES string of the molecule is [B]N1CCN(c2ccc(-c3nc4c(C(=O)Nc5nccs5)cccc4[nH]3)cn2)CC1. The standard InChI is InChI=1S/C20H18BN7OS/c21-28-9-7-27(8-10-28)16-5-4-13(12-23-16)18-24-15-3-1-2-14(17(15)25-18)19(29)26-20-22-6-11-30-20/h1-6,11-12H,7-10H2,(H,24,25)(H,22,26,29). The number of thiazole rings is 1. The summed E-state index contributed by atoms with van der Waals surface area (Å²) in [5.41, 5.74) is 2.76. The number of rotatable bonds is 4. The predicted octanol–water partition coefficient (Wildman–Crippen LogP) is 2.54. The van der Waals surface area contributed by atoms with E-state index in [1.807, 2.05) is 34.5 Å². The van der Waals surface area contributed by atoms with Crippen LogP contribution in [0.1, 0.15) is 10.4 Å². The summed E-state index contributed by atoms with van der Waals surface area (Å²) in [6.07, 6.45) is 3.46. The van der Waals surface area contributed by atoms with Crippen molar-refractivity contribution in [3.63, 3.8) is 0 Å². The number of pyridine rings is 1. The third kappa shape index (κ3) is 3.67. The zero-order valence-electron chi connectivity index (χ0n) is 16.1. The van der Waals surface area contributed by atoms with Gasteiger partial charge in [0.2, 0.25) is 0 Å². The minimum absolute atomic E-state index is 0.235. The third-order valence-electron chi connectivity index (χ3n) is 5.07. The molecule has 2 N–H and O–H groups in total. The molecule has 2 radical (unpaired) electrons. The Labute approximate surface area is 178 Å². The number of nitrogens with zero attached hydrogens (tertiary/aromatic N) is 5. The molecular weight excluding hydrogens is 397 g/mol. The number of benzene rings is 1. The zero-order valence-corrected chi connectivity index (χ0v) is 16.9. The summed E-state index contributed by atoms with van der Waals surface area (Å²) < 4.78 is 0. The Kier molecular flexibility index (Phi) is 4.93. The van der Waals surface area contributed by atoms with Gasteiger partial charge in [0, 0.05) is 49.5 Å². The summed E-state index contributed by atoms with van der Waals surface area (Å²) >= 11 is 1.37. The van der Waals surface area contributed by atoms with E-state index in [9.17, 15) is 4.79 Å². The van der Waals surface area contributed by atoms with Crippen LogP contribution in [0.25, 0.3) is 22.4 Å². The van der Waals surface area contributed by atoms with Gasteiger partial charge in [-0.05, 0) is 24.3 Å². The van der Waals surface area contributed by atoms with Gasteiger partial charge in [0.15, 0.2) is 13.1 Å². The summed E-state index contributed by atoms with van der Waals surface area (Å²) in [6, 6.07) is 9.48. The van der Waals surface area contributed by atoms with E-state index < -0.39 is 0 Å². The van der Waals surface area contributed by atoms with Gasteiger partial charge in [-0.1, -0.05) is 6.07 Å². The summed E-state index contributed by atoms with van der Waals surface area (Å²) in [5, 5.41) is 5.18. The Morgan fingerprint density at radius 2 is 2.00 bits per heavy atom. The molecule has 0 aliphatic carbocycles. The fourth-order valence-electron chi connectivity index (χ4n) is 3.47. The average molecular weight is 415 g/mol. The lowest BCUT2D eigenvalue weighted by atomic mass is 10.2. The van der Waals surface area contributed by atoms with E-state index in [4.69, 9.17) is 7.98 Å². The van der Waals surface area contributed by atoms with Gasteiger partial charge in [-0.15, -0.1) is 11.3 Å². The maximum absolute atomic E-state index is 12.7. The molecule has 8 nitrogen and oxygen atoms in total. The number of aromatic nitrogens is 4. The van der Waals surface area contributed by atoms with Crippen LogP contribution in [0.3, 0.4) is 0 Å². The van der Waals surface area contributed by atoms with Crippen molar-refractivity contribution in [2.45, 2.75) is 0 Å². The van der Waals surface area contributed by atoms with Crippen molar-refractivity contribution in [2.24, 2.45) is 0 Å². The topological polar surface area (TPSA) is 90.0 Å². The van der Waals surface area contributed by atoms with Crippen LogP contribution in [0.2, 0.25) is 0 Å². The number of para-hydroxylation sites is 1. The van der Waals surface area contributed by atoms with E-state index in [1.165, 1.54) is 11.3 Å². The molecule has 5 rings (SSSR count). The van der Waals surface area contributed by atoms with E-state index in [-0.39, 0.29) is 5.91 Å². The number of aromatic amines is 1. The number of carbonyl (C=O) groups is 1. The molecule has 148 valence electrons. The molecule has 1 aliphatic heterocycles. The number of anilines is 2. The van der Waals surface area contributed by atoms with Gasteiger partial charge in [0.25, 0.3) is 5.91 Å². The summed E-state index contributed by atoms with van der Waals surface area (Å²) in [5.74, 6) is 1.36. The van der Waals surface area contributed by atoms with Gasteiger partial charge in [-0.25, -0.2) is 15.0 Å². The first-order valence-corrected chi connectivity index (χ1v) is 10.5. The molecule has 1 aromatic carbocycles. The predicted molar refractivity (Wildman–Crippen MR) is 119 cm³/mol. The molecule has 0 spiro atoms. The van der Waals surface area contributed by atoms with E-state index in [0.29, 0.717) is 22.0 Å². The van der Waals surface area contributed by atoms with Gasteiger partial charge >= 0.3 is 0 Å². The Morgan fingerprint density at radius 3 is 2.73 bits per heavy atom. The largest absolute Gasteiger partial charge is 0.354 e. The van der Waals surface area contributed by atoms with Crippen molar-refractivity contribution in [3.8, 4) is 11.4 Å². The van der Waals surface area contributed by atoms with E-state index in [1.54, 1.807) is 18.5 Å². The van der Waals surface area contributed by atoms with Crippen LogP contribution in [0, 0.1) is 0 Å². The van der Waals surface area contributed by atoms with Gasteiger partial charge in [-0.2, -0.15) is 0 Å². The lowest BCUT2D eigenvalue weighted by molar-refractivity contribution is 0.102. The van der Waals surface area contributed by atoms with Crippen LogP contribution in [-0.2, 0) is 0 Å². The Bertz CT molecular complexity index is 1170. The highest BCUT2D eigenvalue weighted by Gasteiger charge is 2.17. The first kappa shape index (κ1) is 18.8. The van der Waals surface area contributed by atoms with Gasteiger partial charge in [-0.3, -0.25) is 10.1 Å². The molecular formula is C20H18BN7OS. The minimum Gasteiger partial charge on any atom is -0.354 e. The molecule has 4 aromatic rings.